The largest absolute Gasteiger partial charge is 0.507 e. The maximum Gasteiger partial charge on any atom is 0.124 e. The van der Waals surface area contributed by atoms with Gasteiger partial charge in [0.2, 0.25) is 0 Å². The van der Waals surface area contributed by atoms with Gasteiger partial charge in [-0.15, -0.1) is 0 Å². The summed E-state index contributed by atoms with van der Waals surface area (Å²) in [6.07, 6.45) is 0. The number of aromatic nitrogens is 1. The van der Waals surface area contributed by atoms with Crippen LogP contribution in [0.25, 0.3) is 10.9 Å². The summed E-state index contributed by atoms with van der Waals surface area (Å²) >= 11 is 0. The first-order valence-corrected chi connectivity index (χ1v) is 5.67. The smallest absolute Gasteiger partial charge is 0.124 e. The van der Waals surface area contributed by atoms with Crippen LogP contribution < -0.4 is 5.32 Å². The number of hydrogen-bond acceptors (Lipinski definition) is 2. The molecule has 0 aliphatic rings. The van der Waals surface area contributed by atoms with Crippen LogP contribution >= 0.6 is 0 Å². The standard InChI is InChI=1S/C13H18N2O/c1-4-15-11-6-5-7-13(16)10(11)8-12(15)9(2)14-3/h5-9,14,16H,4H2,1-3H3. The monoisotopic (exact) mass is 218 g/mol. The van der Waals surface area contributed by atoms with Gasteiger partial charge in [0.1, 0.15) is 5.75 Å². The summed E-state index contributed by atoms with van der Waals surface area (Å²) in [7, 11) is 1.95. The van der Waals surface area contributed by atoms with Gasteiger partial charge in [0.25, 0.3) is 0 Å². The average molecular weight is 218 g/mol. The maximum absolute atomic E-state index is 9.83. The molecule has 1 atom stereocenters. The second-order valence-corrected chi connectivity index (χ2v) is 4.03. The molecule has 0 radical (unpaired) electrons. The van der Waals surface area contributed by atoms with Crippen LogP contribution in [0.3, 0.4) is 0 Å². The summed E-state index contributed by atoms with van der Waals surface area (Å²) < 4.78 is 2.23. The van der Waals surface area contributed by atoms with E-state index in [-0.39, 0.29) is 6.04 Å². The summed E-state index contributed by atoms with van der Waals surface area (Å²) in [6.45, 7) is 5.15. The second-order valence-electron chi connectivity index (χ2n) is 4.03. The van der Waals surface area contributed by atoms with Crippen molar-refractivity contribution >= 4 is 10.9 Å². The summed E-state index contributed by atoms with van der Waals surface area (Å²) in [4.78, 5) is 0. The number of nitrogens with zero attached hydrogens (tertiary/aromatic N) is 1. The molecule has 1 aromatic heterocycles. The average Bonchev–Trinajstić information content (AvgIpc) is 2.68. The lowest BCUT2D eigenvalue weighted by atomic mass is 10.2. The SMILES string of the molecule is CCn1c(C(C)NC)cc2c(O)cccc21. The van der Waals surface area contributed by atoms with E-state index in [0.29, 0.717) is 5.75 Å². The highest BCUT2D eigenvalue weighted by molar-refractivity contribution is 5.87. The van der Waals surface area contributed by atoms with Crippen molar-refractivity contribution in [3.05, 3.63) is 30.0 Å². The van der Waals surface area contributed by atoms with Crippen LogP contribution in [-0.2, 0) is 6.54 Å². The third-order valence-electron chi connectivity index (χ3n) is 3.15. The van der Waals surface area contributed by atoms with Gasteiger partial charge in [-0.1, -0.05) is 6.07 Å². The zero-order valence-electron chi connectivity index (χ0n) is 9.99. The van der Waals surface area contributed by atoms with E-state index in [9.17, 15) is 5.11 Å². The van der Waals surface area contributed by atoms with Gasteiger partial charge >= 0.3 is 0 Å². The van der Waals surface area contributed by atoms with E-state index in [1.165, 1.54) is 5.69 Å². The quantitative estimate of drug-likeness (QED) is 0.831. The fraction of sp³-hybridized carbons (Fsp3) is 0.385. The Balaban J connectivity index is 2.71. The molecule has 16 heavy (non-hydrogen) atoms. The van der Waals surface area contributed by atoms with Crippen LogP contribution in [0.15, 0.2) is 24.3 Å². The molecule has 2 N–H and O–H groups in total. The lowest BCUT2D eigenvalue weighted by molar-refractivity contribution is 0.481. The van der Waals surface area contributed by atoms with Gasteiger partial charge in [0.15, 0.2) is 0 Å². The molecule has 1 unspecified atom stereocenters. The molecule has 0 saturated carbocycles. The number of rotatable bonds is 3. The van der Waals surface area contributed by atoms with Crippen molar-refractivity contribution in [3.8, 4) is 5.75 Å². The van der Waals surface area contributed by atoms with Crippen LogP contribution in [0.1, 0.15) is 25.6 Å². The Morgan fingerprint density at radius 1 is 1.44 bits per heavy atom. The Bertz CT molecular complexity index is 502. The molecule has 0 fully saturated rings. The molecule has 2 rings (SSSR count). The normalized spacial score (nSPS) is 13.2. The van der Waals surface area contributed by atoms with E-state index in [1.54, 1.807) is 6.07 Å². The Labute approximate surface area is 95.7 Å². The first-order valence-electron chi connectivity index (χ1n) is 5.67. The van der Waals surface area contributed by atoms with E-state index in [2.05, 4.69) is 29.8 Å². The predicted octanol–water partition coefficient (Wildman–Crippen LogP) is 2.65. The van der Waals surface area contributed by atoms with E-state index in [1.807, 2.05) is 19.2 Å². The minimum Gasteiger partial charge on any atom is -0.507 e. The topological polar surface area (TPSA) is 37.2 Å². The zero-order valence-corrected chi connectivity index (χ0v) is 9.99. The third-order valence-corrected chi connectivity index (χ3v) is 3.15. The van der Waals surface area contributed by atoms with Gasteiger partial charge in [-0.25, -0.2) is 0 Å². The Morgan fingerprint density at radius 3 is 2.81 bits per heavy atom. The molecule has 2 aromatic rings. The summed E-state index contributed by atoms with van der Waals surface area (Å²) in [5.74, 6) is 0.356. The number of phenols is 1. The van der Waals surface area contributed by atoms with Gasteiger partial charge in [-0.3, -0.25) is 0 Å². The van der Waals surface area contributed by atoms with Gasteiger partial charge in [0, 0.05) is 23.7 Å². The highest BCUT2D eigenvalue weighted by atomic mass is 16.3. The number of aromatic hydroxyl groups is 1. The summed E-state index contributed by atoms with van der Waals surface area (Å²) in [5, 5.41) is 14.0. The minimum absolute atomic E-state index is 0.284. The van der Waals surface area contributed by atoms with Crippen LogP contribution in [0.5, 0.6) is 5.75 Å². The van der Waals surface area contributed by atoms with Crippen LogP contribution in [0, 0.1) is 0 Å². The molecule has 1 aromatic carbocycles. The van der Waals surface area contributed by atoms with Crippen LogP contribution in [0.2, 0.25) is 0 Å². The molecule has 3 nitrogen and oxygen atoms in total. The van der Waals surface area contributed by atoms with Gasteiger partial charge in [-0.05, 0) is 39.1 Å². The number of hydrogen-bond donors (Lipinski definition) is 2. The minimum atomic E-state index is 0.284. The van der Waals surface area contributed by atoms with Gasteiger partial charge in [-0.2, -0.15) is 0 Å². The van der Waals surface area contributed by atoms with Crippen molar-refractivity contribution in [2.75, 3.05) is 7.05 Å². The first kappa shape index (κ1) is 11.0. The first-order chi connectivity index (χ1) is 7.69. The molecule has 0 aliphatic carbocycles. The van der Waals surface area contributed by atoms with Gasteiger partial charge < -0.3 is 15.0 Å². The molecule has 86 valence electrons. The molecule has 0 saturated heterocycles. The molecule has 0 spiro atoms. The van der Waals surface area contributed by atoms with E-state index in [0.717, 1.165) is 17.4 Å². The third kappa shape index (κ3) is 1.57. The molecule has 1 heterocycles. The van der Waals surface area contributed by atoms with Crippen LogP contribution in [0.4, 0.5) is 0 Å². The summed E-state index contributed by atoms with van der Waals surface area (Å²) in [6, 6.07) is 8.01. The number of aryl methyl sites for hydroxylation is 1. The Kier molecular flexibility index (Phi) is 2.88. The zero-order chi connectivity index (χ0) is 11.7. The van der Waals surface area contributed by atoms with Gasteiger partial charge in [0.05, 0.1) is 5.52 Å². The predicted molar refractivity (Wildman–Crippen MR) is 66.8 cm³/mol. The van der Waals surface area contributed by atoms with E-state index in [4.69, 9.17) is 0 Å². The molecule has 0 amide bonds. The van der Waals surface area contributed by atoms with Crippen molar-refractivity contribution in [1.29, 1.82) is 0 Å². The number of fused-ring (bicyclic) bond motifs is 1. The van der Waals surface area contributed by atoms with E-state index >= 15 is 0 Å². The maximum atomic E-state index is 9.83. The van der Waals surface area contributed by atoms with Crippen LogP contribution in [-0.4, -0.2) is 16.7 Å². The number of phenolic OH excluding ortho intramolecular Hbond substituents is 1. The van der Waals surface area contributed by atoms with Crippen molar-refractivity contribution in [1.82, 2.24) is 9.88 Å². The summed E-state index contributed by atoms with van der Waals surface area (Å²) in [5.41, 5.74) is 2.31. The fourth-order valence-electron chi connectivity index (χ4n) is 2.15. The fourth-order valence-corrected chi connectivity index (χ4v) is 2.15. The number of benzene rings is 1. The Hall–Kier alpha value is -1.48. The molecule has 0 aliphatic heterocycles. The van der Waals surface area contributed by atoms with Crippen molar-refractivity contribution in [3.63, 3.8) is 0 Å². The lowest BCUT2D eigenvalue weighted by Gasteiger charge is -2.13. The number of nitrogens with one attached hydrogen (secondary N) is 1. The van der Waals surface area contributed by atoms with Crippen molar-refractivity contribution in [2.45, 2.75) is 26.4 Å². The highest BCUT2D eigenvalue weighted by Crippen LogP contribution is 2.30. The van der Waals surface area contributed by atoms with E-state index < -0.39 is 0 Å². The Morgan fingerprint density at radius 2 is 2.19 bits per heavy atom. The molecule has 0 bridgehead atoms. The molecule has 3 heteroatoms. The van der Waals surface area contributed by atoms with Crippen molar-refractivity contribution in [2.24, 2.45) is 0 Å². The van der Waals surface area contributed by atoms with Crippen molar-refractivity contribution < 1.29 is 5.11 Å². The second kappa shape index (κ2) is 4.18. The highest BCUT2D eigenvalue weighted by Gasteiger charge is 2.13. The molecular weight excluding hydrogens is 200 g/mol. The molecular formula is C13H18N2O. The lowest BCUT2D eigenvalue weighted by Crippen LogP contribution is -2.16.